The van der Waals surface area contributed by atoms with Crippen LogP contribution in [0.5, 0.6) is 0 Å². The number of fused-ring (bicyclic) bond motifs is 1. The van der Waals surface area contributed by atoms with Crippen molar-refractivity contribution in [1.82, 2.24) is 9.38 Å². The fraction of sp³-hybridized carbons (Fsp3) is 0.0667. The Balaban J connectivity index is 2.02. The largest absolute Gasteiger partial charge is 0.269 e. The Kier molecular flexibility index (Phi) is 3.72. The van der Waals surface area contributed by atoms with E-state index in [9.17, 15) is 13.2 Å². The molecule has 0 saturated heterocycles. The van der Waals surface area contributed by atoms with E-state index in [2.05, 4.69) is 4.98 Å². The molecule has 2 aromatic heterocycles. The fourth-order valence-corrected chi connectivity index (χ4v) is 3.48. The first-order valence-electron chi connectivity index (χ1n) is 6.41. The first kappa shape index (κ1) is 14.7. The highest BCUT2D eigenvalue weighted by atomic mass is 35.5. The zero-order chi connectivity index (χ0) is 15.7. The van der Waals surface area contributed by atoms with E-state index in [0.29, 0.717) is 10.7 Å². The quantitative estimate of drug-likeness (QED) is 0.737. The van der Waals surface area contributed by atoms with Crippen molar-refractivity contribution in [2.45, 2.75) is 10.6 Å². The topological polar surface area (TPSA) is 68.5 Å². The van der Waals surface area contributed by atoms with Gasteiger partial charge in [0, 0.05) is 17.3 Å². The number of hydrogen-bond donors (Lipinski definition) is 0. The second kappa shape index (κ2) is 5.55. The summed E-state index contributed by atoms with van der Waals surface area (Å²) in [6, 6.07) is 12.2. The van der Waals surface area contributed by atoms with Gasteiger partial charge in [-0.25, -0.2) is 13.4 Å². The predicted molar refractivity (Wildman–Crippen MR) is 83.8 cm³/mol. The molecule has 2 heterocycles. The zero-order valence-corrected chi connectivity index (χ0v) is 12.9. The van der Waals surface area contributed by atoms with Crippen LogP contribution in [-0.2, 0) is 15.6 Å². The minimum atomic E-state index is -3.58. The number of nitrogens with zero attached hydrogens (tertiary/aromatic N) is 2. The van der Waals surface area contributed by atoms with Gasteiger partial charge in [-0.05, 0) is 36.4 Å². The van der Waals surface area contributed by atoms with Crippen molar-refractivity contribution in [3.05, 3.63) is 75.8 Å². The second-order valence-corrected chi connectivity index (χ2v) is 7.15. The average molecular weight is 335 g/mol. The third-order valence-corrected chi connectivity index (χ3v) is 5.05. The highest BCUT2D eigenvalue weighted by Gasteiger charge is 2.17. The van der Waals surface area contributed by atoms with Crippen molar-refractivity contribution < 1.29 is 8.42 Å². The summed E-state index contributed by atoms with van der Waals surface area (Å²) in [5, 5.41) is 0.459. The second-order valence-electron chi connectivity index (χ2n) is 4.73. The Morgan fingerprint density at radius 1 is 1.09 bits per heavy atom. The number of halogens is 1. The summed E-state index contributed by atoms with van der Waals surface area (Å²) in [5.41, 5.74) is 0.314. The van der Waals surface area contributed by atoms with Gasteiger partial charge in [0.25, 0.3) is 5.56 Å². The Morgan fingerprint density at radius 2 is 1.82 bits per heavy atom. The molecule has 0 radical (unpaired) electrons. The van der Waals surface area contributed by atoms with Gasteiger partial charge in [-0.2, -0.15) is 0 Å². The average Bonchev–Trinajstić information content (AvgIpc) is 2.47. The number of aromatic nitrogens is 2. The molecule has 3 aromatic rings. The minimum absolute atomic E-state index is 0.145. The minimum Gasteiger partial charge on any atom is -0.269 e. The van der Waals surface area contributed by atoms with Gasteiger partial charge < -0.3 is 0 Å². The molecule has 112 valence electrons. The lowest BCUT2D eigenvalue weighted by atomic mass is 10.4. The lowest BCUT2D eigenvalue weighted by Crippen LogP contribution is -2.17. The number of benzene rings is 1. The third kappa shape index (κ3) is 2.88. The first-order chi connectivity index (χ1) is 10.5. The zero-order valence-electron chi connectivity index (χ0n) is 11.3. The Hall–Kier alpha value is -2.18. The van der Waals surface area contributed by atoms with Crippen molar-refractivity contribution in [2.24, 2.45) is 0 Å². The van der Waals surface area contributed by atoms with E-state index < -0.39 is 9.84 Å². The van der Waals surface area contributed by atoms with Crippen LogP contribution in [0.25, 0.3) is 5.65 Å². The molecule has 22 heavy (non-hydrogen) atoms. The van der Waals surface area contributed by atoms with Crippen LogP contribution in [0.3, 0.4) is 0 Å². The molecule has 0 bridgehead atoms. The molecular formula is C15H11ClN2O3S. The molecule has 1 aromatic carbocycles. The van der Waals surface area contributed by atoms with Crippen LogP contribution in [-0.4, -0.2) is 17.8 Å². The maximum absolute atomic E-state index is 12.4. The van der Waals surface area contributed by atoms with Crippen molar-refractivity contribution in [2.75, 3.05) is 0 Å². The predicted octanol–water partition coefficient (Wildman–Crippen LogP) is 2.32. The van der Waals surface area contributed by atoms with Crippen molar-refractivity contribution >= 4 is 27.1 Å². The van der Waals surface area contributed by atoms with E-state index in [1.807, 2.05) is 0 Å². The molecule has 0 aliphatic carbocycles. The smallest absolute Gasteiger partial charge is 0.258 e. The van der Waals surface area contributed by atoms with Crippen LogP contribution in [0, 0.1) is 0 Å². The Morgan fingerprint density at radius 3 is 2.55 bits per heavy atom. The molecule has 0 unspecified atom stereocenters. The van der Waals surface area contributed by atoms with Gasteiger partial charge in [0.05, 0.1) is 16.3 Å². The molecule has 0 aliphatic heterocycles. The number of hydrogen-bond acceptors (Lipinski definition) is 4. The molecule has 0 N–H and O–H groups in total. The lowest BCUT2D eigenvalue weighted by molar-refractivity contribution is 0.594. The summed E-state index contributed by atoms with van der Waals surface area (Å²) in [6.07, 6.45) is 1.59. The molecule has 0 amide bonds. The summed E-state index contributed by atoms with van der Waals surface area (Å²) in [4.78, 5) is 16.3. The van der Waals surface area contributed by atoms with Crippen LogP contribution >= 0.6 is 11.6 Å². The van der Waals surface area contributed by atoms with Crippen molar-refractivity contribution in [1.29, 1.82) is 0 Å². The van der Waals surface area contributed by atoms with E-state index in [4.69, 9.17) is 11.6 Å². The fourth-order valence-electron chi connectivity index (χ4n) is 2.10. The van der Waals surface area contributed by atoms with E-state index in [-0.39, 0.29) is 21.9 Å². The van der Waals surface area contributed by atoms with E-state index in [1.54, 1.807) is 24.4 Å². The number of sulfone groups is 1. The van der Waals surface area contributed by atoms with E-state index in [0.717, 1.165) is 0 Å². The van der Waals surface area contributed by atoms with Crippen molar-refractivity contribution in [3.63, 3.8) is 0 Å². The SMILES string of the molecule is O=c1cc(CS(=O)(=O)c2ccc(Cl)cc2)nc2ccccn12. The molecule has 5 nitrogen and oxygen atoms in total. The molecule has 0 atom stereocenters. The highest BCUT2D eigenvalue weighted by molar-refractivity contribution is 7.90. The molecule has 0 fully saturated rings. The van der Waals surface area contributed by atoms with Gasteiger partial charge in [0.2, 0.25) is 0 Å². The van der Waals surface area contributed by atoms with E-state index in [1.165, 1.54) is 34.7 Å². The number of pyridine rings is 1. The van der Waals surface area contributed by atoms with Gasteiger partial charge >= 0.3 is 0 Å². The van der Waals surface area contributed by atoms with Gasteiger partial charge in [-0.15, -0.1) is 0 Å². The van der Waals surface area contributed by atoms with Gasteiger partial charge in [-0.3, -0.25) is 9.20 Å². The number of rotatable bonds is 3. The normalized spacial score (nSPS) is 11.7. The lowest BCUT2D eigenvalue weighted by Gasteiger charge is -2.06. The van der Waals surface area contributed by atoms with Crippen LogP contribution in [0.1, 0.15) is 5.69 Å². The molecule has 3 rings (SSSR count). The Bertz CT molecular complexity index is 995. The van der Waals surface area contributed by atoms with Gasteiger partial charge in [-0.1, -0.05) is 17.7 Å². The molecular weight excluding hydrogens is 324 g/mol. The third-order valence-electron chi connectivity index (χ3n) is 3.13. The monoisotopic (exact) mass is 334 g/mol. The van der Waals surface area contributed by atoms with Crippen LogP contribution in [0.4, 0.5) is 0 Å². The standard InChI is InChI=1S/C15H11ClN2O3S/c16-11-4-6-13(7-5-11)22(20,21)10-12-9-15(19)18-8-2-1-3-14(18)17-12/h1-9H,10H2. The summed E-state index contributed by atoms with van der Waals surface area (Å²) < 4.78 is 26.1. The summed E-state index contributed by atoms with van der Waals surface area (Å²) >= 11 is 5.76. The summed E-state index contributed by atoms with van der Waals surface area (Å²) in [7, 11) is -3.58. The summed E-state index contributed by atoms with van der Waals surface area (Å²) in [6.45, 7) is 0. The molecule has 0 saturated carbocycles. The summed E-state index contributed by atoms with van der Waals surface area (Å²) in [5.74, 6) is -0.338. The molecule has 7 heteroatoms. The van der Waals surface area contributed by atoms with E-state index >= 15 is 0 Å². The maximum Gasteiger partial charge on any atom is 0.258 e. The highest BCUT2D eigenvalue weighted by Crippen LogP contribution is 2.18. The van der Waals surface area contributed by atoms with Gasteiger partial charge in [0.15, 0.2) is 9.84 Å². The van der Waals surface area contributed by atoms with Crippen LogP contribution < -0.4 is 5.56 Å². The first-order valence-corrected chi connectivity index (χ1v) is 8.44. The molecule has 0 spiro atoms. The van der Waals surface area contributed by atoms with Gasteiger partial charge in [0.1, 0.15) is 5.65 Å². The van der Waals surface area contributed by atoms with Crippen molar-refractivity contribution in [3.8, 4) is 0 Å². The van der Waals surface area contributed by atoms with Crippen LogP contribution in [0.2, 0.25) is 5.02 Å². The Labute approximate surface area is 131 Å². The molecule has 0 aliphatic rings. The maximum atomic E-state index is 12.4. The van der Waals surface area contributed by atoms with Crippen LogP contribution in [0.15, 0.2) is 64.4 Å².